The van der Waals surface area contributed by atoms with Crippen molar-refractivity contribution >= 4 is 0 Å². The van der Waals surface area contributed by atoms with Crippen molar-refractivity contribution < 1.29 is 22.3 Å². The van der Waals surface area contributed by atoms with Crippen LogP contribution in [0, 0.1) is 17.6 Å². The lowest BCUT2D eigenvalue weighted by atomic mass is 9.77. The average molecular weight is 489 g/mol. The molecule has 35 heavy (non-hydrogen) atoms. The summed E-state index contributed by atoms with van der Waals surface area (Å²) in [5.41, 5.74) is 1.14. The van der Waals surface area contributed by atoms with Gasteiger partial charge in [-0.1, -0.05) is 42.5 Å². The average Bonchev–Trinajstić information content (AvgIpc) is 2.83. The number of hydrogen-bond acceptors (Lipinski definition) is 1. The molecule has 0 unspecified atom stereocenters. The van der Waals surface area contributed by atoms with Gasteiger partial charge >= 0.3 is 6.11 Å². The maximum absolute atomic E-state index is 14.7. The van der Waals surface area contributed by atoms with Crippen LogP contribution in [-0.4, -0.2) is 6.61 Å². The van der Waals surface area contributed by atoms with Crippen LogP contribution in [0.15, 0.2) is 61.2 Å². The van der Waals surface area contributed by atoms with Crippen LogP contribution in [-0.2, 0) is 23.7 Å². The number of hydrogen-bond donors (Lipinski definition) is 0. The summed E-state index contributed by atoms with van der Waals surface area (Å²) in [6, 6.07) is 9.79. The van der Waals surface area contributed by atoms with E-state index in [1.54, 1.807) is 0 Å². The maximum Gasteiger partial charge on any atom is 0.389 e. The smallest absolute Gasteiger partial charge is 0.316 e. The summed E-state index contributed by atoms with van der Waals surface area (Å²) in [7, 11) is 0. The molecule has 0 bridgehead atoms. The van der Waals surface area contributed by atoms with Gasteiger partial charge in [0.05, 0.1) is 6.61 Å². The minimum absolute atomic E-state index is 0.0106. The number of benzene rings is 2. The van der Waals surface area contributed by atoms with E-state index >= 15 is 0 Å². The first-order chi connectivity index (χ1) is 16.8. The molecule has 2 aromatic rings. The van der Waals surface area contributed by atoms with Crippen molar-refractivity contribution in [1.82, 2.24) is 0 Å². The van der Waals surface area contributed by atoms with E-state index < -0.39 is 23.3 Å². The van der Waals surface area contributed by atoms with Gasteiger partial charge in [-0.3, -0.25) is 0 Å². The predicted molar refractivity (Wildman–Crippen MR) is 134 cm³/mol. The van der Waals surface area contributed by atoms with Gasteiger partial charge in [0.15, 0.2) is 0 Å². The van der Waals surface area contributed by atoms with Gasteiger partial charge in [-0.05, 0) is 105 Å². The Morgan fingerprint density at radius 3 is 2.11 bits per heavy atom. The Morgan fingerprint density at radius 2 is 1.54 bits per heavy atom. The Balaban J connectivity index is 1.57. The molecule has 0 aliphatic heterocycles. The lowest BCUT2D eigenvalue weighted by Crippen LogP contribution is -2.24. The lowest BCUT2D eigenvalue weighted by molar-refractivity contribution is -0.251. The van der Waals surface area contributed by atoms with E-state index in [4.69, 9.17) is 4.74 Å². The number of aryl methyl sites for hydroxylation is 1. The molecule has 0 aromatic heterocycles. The van der Waals surface area contributed by atoms with E-state index in [9.17, 15) is 17.6 Å². The minimum atomic E-state index is -4.04. The lowest BCUT2D eigenvalue weighted by Gasteiger charge is -2.29. The third-order valence-electron chi connectivity index (χ3n) is 6.99. The Kier molecular flexibility index (Phi) is 10.1. The molecule has 0 radical (unpaired) electrons. The maximum atomic E-state index is 14.7. The fourth-order valence-corrected chi connectivity index (χ4v) is 4.90. The molecular formula is C30H36F4O. The molecule has 190 valence electrons. The number of rotatable bonds is 12. The Morgan fingerprint density at radius 1 is 0.943 bits per heavy atom. The number of halogens is 4. The third-order valence-corrected chi connectivity index (χ3v) is 6.99. The summed E-state index contributed by atoms with van der Waals surface area (Å²) in [5, 5.41) is 0. The van der Waals surface area contributed by atoms with E-state index in [1.807, 2.05) is 43.3 Å². The van der Waals surface area contributed by atoms with Crippen LogP contribution < -0.4 is 0 Å². The molecule has 2 aromatic carbocycles. The SMILES string of the molecule is C=CCCC1CCC(c2cc(F)c(C(F)(F)OCCc3ccc(CCC=CC)cc3)c(F)c2)CC1. The highest BCUT2D eigenvalue weighted by atomic mass is 19.3. The van der Waals surface area contributed by atoms with Crippen LogP contribution in [0.3, 0.4) is 0 Å². The molecule has 0 atom stereocenters. The van der Waals surface area contributed by atoms with Crippen molar-refractivity contribution in [2.45, 2.75) is 76.7 Å². The summed E-state index contributed by atoms with van der Waals surface area (Å²) in [4.78, 5) is 0. The highest BCUT2D eigenvalue weighted by molar-refractivity contribution is 5.31. The zero-order valence-corrected chi connectivity index (χ0v) is 20.5. The summed E-state index contributed by atoms with van der Waals surface area (Å²) in [6.07, 6.45) is 9.62. The zero-order valence-electron chi connectivity index (χ0n) is 20.5. The molecule has 5 heteroatoms. The van der Waals surface area contributed by atoms with E-state index in [0.717, 1.165) is 74.6 Å². The molecular weight excluding hydrogens is 452 g/mol. The number of alkyl halides is 2. The summed E-state index contributed by atoms with van der Waals surface area (Å²) >= 11 is 0. The van der Waals surface area contributed by atoms with Gasteiger partial charge in [0.1, 0.15) is 17.2 Å². The molecule has 0 spiro atoms. The number of ether oxygens (including phenoxy) is 1. The van der Waals surface area contributed by atoms with Crippen molar-refractivity contribution in [3.05, 3.63) is 95.1 Å². The predicted octanol–water partition coefficient (Wildman–Crippen LogP) is 9.02. The topological polar surface area (TPSA) is 9.23 Å². The van der Waals surface area contributed by atoms with Crippen molar-refractivity contribution in [3.8, 4) is 0 Å². The second-order valence-electron chi connectivity index (χ2n) is 9.48. The van der Waals surface area contributed by atoms with E-state index in [0.29, 0.717) is 11.5 Å². The molecule has 3 rings (SSSR count). The van der Waals surface area contributed by atoms with Gasteiger partial charge in [0.25, 0.3) is 0 Å². The normalized spacial score (nSPS) is 18.8. The van der Waals surface area contributed by atoms with Gasteiger partial charge in [-0.2, -0.15) is 8.78 Å². The number of allylic oxidation sites excluding steroid dienone is 3. The second kappa shape index (κ2) is 13.1. The summed E-state index contributed by atoms with van der Waals surface area (Å²) < 4.78 is 63.4. The molecule has 1 aliphatic rings. The Hall–Kier alpha value is -2.40. The van der Waals surface area contributed by atoms with Crippen LogP contribution in [0.5, 0.6) is 0 Å². The standard InChI is InChI=1S/C30H36F4O/c1-3-5-7-9-23-10-12-24(13-11-23)18-19-35-30(33,34)29-27(31)20-26(21-28(29)32)25-16-14-22(15-17-25)8-6-4-2/h3-5,10-13,20-22,25H,2,6-9,14-19H2,1H3. The van der Waals surface area contributed by atoms with Crippen LogP contribution in [0.1, 0.15) is 80.0 Å². The Bertz CT molecular complexity index is 949. The van der Waals surface area contributed by atoms with Gasteiger partial charge in [0.2, 0.25) is 0 Å². The monoisotopic (exact) mass is 488 g/mol. The van der Waals surface area contributed by atoms with Gasteiger partial charge in [0, 0.05) is 0 Å². The largest absolute Gasteiger partial charge is 0.389 e. The molecule has 1 saturated carbocycles. The van der Waals surface area contributed by atoms with Crippen molar-refractivity contribution in [1.29, 1.82) is 0 Å². The van der Waals surface area contributed by atoms with Crippen molar-refractivity contribution in [2.75, 3.05) is 6.61 Å². The van der Waals surface area contributed by atoms with Crippen molar-refractivity contribution in [2.24, 2.45) is 5.92 Å². The fraction of sp³-hybridized carbons (Fsp3) is 0.467. The van der Waals surface area contributed by atoms with Crippen LogP contribution >= 0.6 is 0 Å². The van der Waals surface area contributed by atoms with Gasteiger partial charge < -0.3 is 4.74 Å². The highest BCUT2D eigenvalue weighted by Gasteiger charge is 2.40. The van der Waals surface area contributed by atoms with Crippen molar-refractivity contribution in [3.63, 3.8) is 0 Å². The van der Waals surface area contributed by atoms with E-state index in [2.05, 4.69) is 12.7 Å². The minimum Gasteiger partial charge on any atom is -0.316 e. The first-order valence-corrected chi connectivity index (χ1v) is 12.6. The second-order valence-corrected chi connectivity index (χ2v) is 9.48. The first-order valence-electron chi connectivity index (χ1n) is 12.6. The van der Waals surface area contributed by atoms with E-state index in [1.165, 1.54) is 0 Å². The van der Waals surface area contributed by atoms with Crippen LogP contribution in [0.25, 0.3) is 0 Å². The van der Waals surface area contributed by atoms with Crippen LogP contribution in [0.2, 0.25) is 0 Å². The van der Waals surface area contributed by atoms with Gasteiger partial charge in [-0.25, -0.2) is 8.78 Å². The van der Waals surface area contributed by atoms with Crippen LogP contribution in [0.4, 0.5) is 17.6 Å². The molecule has 0 saturated heterocycles. The highest BCUT2D eigenvalue weighted by Crippen LogP contribution is 2.40. The molecule has 0 heterocycles. The van der Waals surface area contributed by atoms with Gasteiger partial charge in [-0.15, -0.1) is 6.58 Å². The molecule has 0 amide bonds. The molecule has 0 N–H and O–H groups in total. The summed E-state index contributed by atoms with van der Waals surface area (Å²) in [6.45, 7) is 5.37. The molecule has 1 nitrogen and oxygen atoms in total. The Labute approximate surface area is 206 Å². The first kappa shape index (κ1) is 27.2. The quantitative estimate of drug-likeness (QED) is 0.214. The fourth-order valence-electron chi connectivity index (χ4n) is 4.90. The molecule has 1 aliphatic carbocycles. The third kappa shape index (κ3) is 7.79. The molecule has 1 fully saturated rings. The van der Waals surface area contributed by atoms with E-state index in [-0.39, 0.29) is 18.9 Å². The summed E-state index contributed by atoms with van der Waals surface area (Å²) in [5.74, 6) is -1.91. The zero-order chi connectivity index (χ0) is 25.3.